The van der Waals surface area contributed by atoms with Gasteiger partial charge in [-0.25, -0.2) is 0 Å². The molecule has 3 aromatic rings. The topological polar surface area (TPSA) is 30.7 Å². The van der Waals surface area contributed by atoms with E-state index >= 15 is 0 Å². The second-order valence-electron chi connectivity index (χ2n) is 4.92. The van der Waals surface area contributed by atoms with Crippen molar-refractivity contribution in [3.8, 4) is 11.4 Å². The van der Waals surface area contributed by atoms with Crippen LogP contribution in [0.3, 0.4) is 0 Å². The van der Waals surface area contributed by atoms with E-state index < -0.39 is 0 Å². The van der Waals surface area contributed by atoms with Crippen LogP contribution in [0.4, 0.5) is 0 Å². The largest absolute Gasteiger partial charge is 0.302 e. The van der Waals surface area contributed by atoms with E-state index in [1.54, 1.807) is 23.1 Å². The average Bonchev–Trinajstić information content (AvgIpc) is 3.10. The number of thiophene rings is 1. The molecule has 0 amide bonds. The van der Waals surface area contributed by atoms with Gasteiger partial charge in [0.05, 0.1) is 0 Å². The van der Waals surface area contributed by atoms with Crippen LogP contribution in [0, 0.1) is 6.92 Å². The molecule has 0 spiro atoms. The Balaban J connectivity index is 1.81. The van der Waals surface area contributed by atoms with Gasteiger partial charge in [0.1, 0.15) is 0 Å². The molecule has 0 bridgehead atoms. The summed E-state index contributed by atoms with van der Waals surface area (Å²) >= 11 is 6.99. The summed E-state index contributed by atoms with van der Waals surface area (Å²) in [5, 5.41) is 11.9. The van der Waals surface area contributed by atoms with Gasteiger partial charge in [-0.05, 0) is 37.6 Å². The number of hydrogen-bond donors (Lipinski definition) is 0. The summed E-state index contributed by atoms with van der Waals surface area (Å²) in [4.78, 5) is 1.30. The summed E-state index contributed by atoms with van der Waals surface area (Å²) < 4.78 is 3.29. The van der Waals surface area contributed by atoms with E-state index in [-0.39, 0.29) is 0 Å². The average molecular weight is 394 g/mol. The lowest BCUT2D eigenvalue weighted by Crippen LogP contribution is -1.99. The quantitative estimate of drug-likeness (QED) is 0.544. The smallest absolute Gasteiger partial charge is 0.191 e. The number of nitrogens with zero attached hydrogens (tertiary/aromatic N) is 3. The van der Waals surface area contributed by atoms with E-state index in [4.69, 9.17) is 0 Å². The zero-order chi connectivity index (χ0) is 15.5. The summed E-state index contributed by atoms with van der Waals surface area (Å²) in [6.45, 7) is 5.12. The number of rotatable bonds is 5. The zero-order valence-electron chi connectivity index (χ0n) is 12.4. The summed E-state index contributed by atoms with van der Waals surface area (Å²) in [7, 11) is 0. The molecule has 6 heteroatoms. The van der Waals surface area contributed by atoms with E-state index in [9.17, 15) is 0 Å². The van der Waals surface area contributed by atoms with Gasteiger partial charge in [-0.1, -0.05) is 39.8 Å². The molecule has 0 atom stereocenters. The highest BCUT2D eigenvalue weighted by Gasteiger charge is 2.14. The maximum absolute atomic E-state index is 4.39. The van der Waals surface area contributed by atoms with Crippen LogP contribution in [-0.2, 0) is 12.3 Å². The first kappa shape index (κ1) is 15.8. The third kappa shape index (κ3) is 3.45. The number of benzene rings is 1. The summed E-state index contributed by atoms with van der Waals surface area (Å²) in [5.41, 5.74) is 2.43. The fraction of sp³-hybridized carbons (Fsp3) is 0.250. The summed E-state index contributed by atoms with van der Waals surface area (Å²) in [6, 6.07) is 10.5. The maximum atomic E-state index is 4.39. The first-order valence-corrected chi connectivity index (χ1v) is 9.69. The van der Waals surface area contributed by atoms with Gasteiger partial charge in [-0.3, -0.25) is 0 Å². The van der Waals surface area contributed by atoms with Crippen LogP contribution in [0.2, 0.25) is 0 Å². The molecule has 0 aliphatic carbocycles. The van der Waals surface area contributed by atoms with Gasteiger partial charge in [0.2, 0.25) is 0 Å². The van der Waals surface area contributed by atoms with Crippen molar-refractivity contribution in [3.05, 3.63) is 50.6 Å². The normalized spacial score (nSPS) is 11.0. The predicted octanol–water partition coefficient (Wildman–Crippen LogP) is 5.39. The highest BCUT2D eigenvalue weighted by atomic mass is 79.9. The Labute approximate surface area is 146 Å². The number of aryl methyl sites for hydroxylation is 1. The monoisotopic (exact) mass is 393 g/mol. The molecule has 0 N–H and O–H groups in total. The number of halogens is 1. The van der Waals surface area contributed by atoms with Gasteiger partial charge in [0, 0.05) is 32.6 Å². The van der Waals surface area contributed by atoms with Crippen molar-refractivity contribution in [2.24, 2.45) is 0 Å². The van der Waals surface area contributed by atoms with E-state index in [0.29, 0.717) is 0 Å². The molecular formula is C16H16BrN3S2. The van der Waals surface area contributed by atoms with Crippen molar-refractivity contribution in [1.29, 1.82) is 0 Å². The molecule has 2 aromatic heterocycles. The molecule has 22 heavy (non-hydrogen) atoms. The number of aromatic nitrogens is 3. The SMILES string of the molecule is CCn1c(SCc2cccc(Br)c2)nnc1-c1csc(C)c1. The summed E-state index contributed by atoms with van der Waals surface area (Å²) in [5.74, 6) is 1.85. The molecule has 1 aromatic carbocycles. The van der Waals surface area contributed by atoms with E-state index in [2.05, 4.69) is 74.2 Å². The molecule has 0 unspecified atom stereocenters. The minimum atomic E-state index is 0.873. The Bertz CT molecular complexity index is 779. The van der Waals surface area contributed by atoms with Crippen molar-refractivity contribution >= 4 is 39.0 Å². The number of thioether (sulfide) groups is 1. The Kier molecular flexibility index (Phi) is 5.00. The van der Waals surface area contributed by atoms with Gasteiger partial charge < -0.3 is 4.57 Å². The molecule has 0 fully saturated rings. The lowest BCUT2D eigenvalue weighted by atomic mass is 10.2. The van der Waals surface area contributed by atoms with Crippen LogP contribution in [0.1, 0.15) is 17.4 Å². The van der Waals surface area contributed by atoms with Crippen molar-refractivity contribution in [3.63, 3.8) is 0 Å². The third-order valence-electron chi connectivity index (χ3n) is 3.28. The lowest BCUT2D eigenvalue weighted by molar-refractivity contribution is 0.687. The number of hydrogen-bond acceptors (Lipinski definition) is 4. The van der Waals surface area contributed by atoms with Crippen LogP contribution in [0.5, 0.6) is 0 Å². The third-order valence-corrected chi connectivity index (χ3v) is 5.67. The summed E-state index contributed by atoms with van der Waals surface area (Å²) in [6.07, 6.45) is 0. The van der Waals surface area contributed by atoms with Crippen LogP contribution in [0.15, 0.2) is 45.3 Å². The highest BCUT2D eigenvalue weighted by molar-refractivity contribution is 9.10. The van der Waals surface area contributed by atoms with Crippen molar-refractivity contribution < 1.29 is 0 Å². The zero-order valence-corrected chi connectivity index (χ0v) is 15.6. The van der Waals surface area contributed by atoms with Crippen LogP contribution in [-0.4, -0.2) is 14.8 Å². The molecule has 0 saturated heterocycles. The van der Waals surface area contributed by atoms with Crippen molar-refractivity contribution in [1.82, 2.24) is 14.8 Å². The Morgan fingerprint density at radius 1 is 1.27 bits per heavy atom. The molecular weight excluding hydrogens is 378 g/mol. The first-order chi connectivity index (χ1) is 10.7. The molecule has 0 aliphatic heterocycles. The molecule has 0 aliphatic rings. The maximum Gasteiger partial charge on any atom is 0.191 e. The molecule has 3 rings (SSSR count). The first-order valence-electron chi connectivity index (χ1n) is 7.03. The van der Waals surface area contributed by atoms with Gasteiger partial charge in [0.25, 0.3) is 0 Å². The fourth-order valence-electron chi connectivity index (χ4n) is 2.23. The van der Waals surface area contributed by atoms with Crippen LogP contribution in [0.25, 0.3) is 11.4 Å². The van der Waals surface area contributed by atoms with Gasteiger partial charge in [0.15, 0.2) is 11.0 Å². The molecule has 0 radical (unpaired) electrons. The second-order valence-corrected chi connectivity index (χ2v) is 7.89. The minimum absolute atomic E-state index is 0.873. The minimum Gasteiger partial charge on any atom is -0.302 e. The fourth-order valence-corrected chi connectivity index (χ4v) is 4.30. The Hall–Kier alpha value is -1.11. The van der Waals surface area contributed by atoms with Gasteiger partial charge in [-0.15, -0.1) is 21.5 Å². The Morgan fingerprint density at radius 2 is 2.14 bits per heavy atom. The van der Waals surface area contributed by atoms with Crippen LogP contribution >= 0.6 is 39.0 Å². The van der Waals surface area contributed by atoms with Gasteiger partial charge in [-0.2, -0.15) is 0 Å². The Morgan fingerprint density at radius 3 is 2.82 bits per heavy atom. The van der Waals surface area contributed by atoms with E-state index in [0.717, 1.165) is 33.3 Å². The standard InChI is InChI=1S/C16H16BrN3S2/c1-3-20-15(13-7-11(2)21-10-13)18-19-16(20)22-9-12-5-4-6-14(17)8-12/h4-8,10H,3,9H2,1-2H3. The lowest BCUT2D eigenvalue weighted by Gasteiger charge is -2.06. The predicted molar refractivity (Wildman–Crippen MR) is 97.4 cm³/mol. The molecule has 2 heterocycles. The molecule has 114 valence electrons. The van der Waals surface area contributed by atoms with Gasteiger partial charge >= 0.3 is 0 Å². The molecule has 3 nitrogen and oxygen atoms in total. The molecule has 0 saturated carbocycles. The second kappa shape index (κ2) is 6.98. The van der Waals surface area contributed by atoms with E-state index in [1.165, 1.54) is 10.4 Å². The highest BCUT2D eigenvalue weighted by Crippen LogP contribution is 2.29. The van der Waals surface area contributed by atoms with Crippen LogP contribution < -0.4 is 0 Å². The van der Waals surface area contributed by atoms with Crippen molar-refractivity contribution in [2.45, 2.75) is 31.3 Å². The van der Waals surface area contributed by atoms with Crippen molar-refractivity contribution in [2.75, 3.05) is 0 Å². The van der Waals surface area contributed by atoms with E-state index in [1.807, 2.05) is 6.07 Å².